The molecule has 0 spiro atoms. The van der Waals surface area contributed by atoms with E-state index in [0.29, 0.717) is 11.5 Å². The summed E-state index contributed by atoms with van der Waals surface area (Å²) in [6.07, 6.45) is 2.80. The van der Waals surface area contributed by atoms with Gasteiger partial charge in [0, 0.05) is 0 Å². The van der Waals surface area contributed by atoms with E-state index >= 15 is 0 Å². The van der Waals surface area contributed by atoms with Crippen LogP contribution in [0.1, 0.15) is 26.7 Å². The predicted octanol–water partition coefficient (Wildman–Crippen LogP) is 2.18. The van der Waals surface area contributed by atoms with Crippen molar-refractivity contribution in [3.8, 4) is 0 Å². The second-order valence-corrected chi connectivity index (χ2v) is 2.49. The number of rotatable bonds is 4. The molecular formula is C8H14O. The molecule has 0 N–H and O–H groups in total. The molecule has 0 saturated heterocycles. The summed E-state index contributed by atoms with van der Waals surface area (Å²) in [4.78, 5) is 10.1. The van der Waals surface area contributed by atoms with Crippen LogP contribution in [-0.2, 0) is 4.79 Å². The number of carbonyl (C=O) groups is 1. The third-order valence-electron chi connectivity index (χ3n) is 1.47. The Bertz CT molecular complexity index is 105. The molecule has 0 aliphatic rings. The van der Waals surface area contributed by atoms with Crippen molar-refractivity contribution in [2.45, 2.75) is 26.7 Å². The van der Waals surface area contributed by atoms with Gasteiger partial charge in [0.25, 0.3) is 0 Å². The van der Waals surface area contributed by atoms with Gasteiger partial charge in [-0.05, 0) is 17.9 Å². The van der Waals surface area contributed by atoms with Gasteiger partial charge in [-0.1, -0.05) is 26.8 Å². The standard InChI is InChI=1S/C8H14O/c1-4-7(2)5-8(3)6-9/h6-7H,3-5H2,1-2H3. The van der Waals surface area contributed by atoms with E-state index in [2.05, 4.69) is 20.4 Å². The minimum atomic E-state index is 0.600. The monoisotopic (exact) mass is 126 g/mol. The van der Waals surface area contributed by atoms with Gasteiger partial charge in [0.1, 0.15) is 6.29 Å². The zero-order valence-electron chi connectivity index (χ0n) is 6.18. The van der Waals surface area contributed by atoms with Crippen molar-refractivity contribution in [1.29, 1.82) is 0 Å². The van der Waals surface area contributed by atoms with Crippen molar-refractivity contribution in [3.05, 3.63) is 12.2 Å². The topological polar surface area (TPSA) is 17.1 Å². The van der Waals surface area contributed by atoms with Crippen molar-refractivity contribution in [2.75, 3.05) is 0 Å². The molecule has 0 heterocycles. The molecule has 9 heavy (non-hydrogen) atoms. The fraction of sp³-hybridized carbons (Fsp3) is 0.625. The van der Waals surface area contributed by atoms with Gasteiger partial charge in [-0.15, -0.1) is 0 Å². The lowest BCUT2D eigenvalue weighted by Gasteiger charge is -2.04. The Hall–Kier alpha value is -0.590. The summed E-state index contributed by atoms with van der Waals surface area (Å²) in [5.41, 5.74) is 0.712. The second-order valence-electron chi connectivity index (χ2n) is 2.49. The Morgan fingerprint density at radius 3 is 2.67 bits per heavy atom. The molecule has 1 heteroatoms. The zero-order valence-corrected chi connectivity index (χ0v) is 6.18. The lowest BCUT2D eigenvalue weighted by molar-refractivity contribution is -0.105. The van der Waals surface area contributed by atoms with Crippen LogP contribution < -0.4 is 0 Å². The largest absolute Gasteiger partial charge is 0.298 e. The molecular weight excluding hydrogens is 112 g/mol. The van der Waals surface area contributed by atoms with Gasteiger partial charge in [-0.25, -0.2) is 0 Å². The SMILES string of the molecule is C=C(C=O)CC(C)CC. The third kappa shape index (κ3) is 3.95. The summed E-state index contributed by atoms with van der Waals surface area (Å²) in [6.45, 7) is 7.83. The first-order chi connectivity index (χ1) is 4.20. The van der Waals surface area contributed by atoms with Gasteiger partial charge in [-0.2, -0.15) is 0 Å². The molecule has 0 aromatic heterocycles. The second kappa shape index (κ2) is 4.30. The van der Waals surface area contributed by atoms with E-state index in [1.807, 2.05) is 0 Å². The number of carbonyl (C=O) groups excluding carboxylic acids is 1. The highest BCUT2D eigenvalue weighted by molar-refractivity contribution is 5.71. The first-order valence-corrected chi connectivity index (χ1v) is 3.33. The zero-order chi connectivity index (χ0) is 7.28. The van der Waals surface area contributed by atoms with Crippen LogP contribution in [0.4, 0.5) is 0 Å². The number of hydrogen-bond donors (Lipinski definition) is 0. The molecule has 0 aliphatic heterocycles. The average molecular weight is 126 g/mol. The Labute approximate surface area is 56.8 Å². The minimum Gasteiger partial charge on any atom is -0.298 e. The molecule has 0 rings (SSSR count). The Balaban J connectivity index is 3.46. The van der Waals surface area contributed by atoms with E-state index in [1.54, 1.807) is 0 Å². The number of aldehydes is 1. The smallest absolute Gasteiger partial charge is 0.145 e. The first kappa shape index (κ1) is 8.41. The fourth-order valence-corrected chi connectivity index (χ4v) is 0.640. The van der Waals surface area contributed by atoms with Crippen LogP contribution in [0.5, 0.6) is 0 Å². The fourth-order valence-electron chi connectivity index (χ4n) is 0.640. The lowest BCUT2D eigenvalue weighted by Crippen LogP contribution is -1.94. The highest BCUT2D eigenvalue weighted by atomic mass is 16.1. The maximum Gasteiger partial charge on any atom is 0.145 e. The first-order valence-electron chi connectivity index (χ1n) is 3.33. The lowest BCUT2D eigenvalue weighted by atomic mass is 10.0. The summed E-state index contributed by atoms with van der Waals surface area (Å²) in [6, 6.07) is 0. The predicted molar refractivity (Wildman–Crippen MR) is 39.3 cm³/mol. The summed E-state index contributed by atoms with van der Waals surface area (Å²) in [5.74, 6) is 0.600. The van der Waals surface area contributed by atoms with Crippen LogP contribution >= 0.6 is 0 Å². The summed E-state index contributed by atoms with van der Waals surface area (Å²) in [7, 11) is 0. The third-order valence-corrected chi connectivity index (χ3v) is 1.47. The maximum atomic E-state index is 10.1. The van der Waals surface area contributed by atoms with Gasteiger partial charge in [0.05, 0.1) is 0 Å². The van der Waals surface area contributed by atoms with Crippen molar-refractivity contribution in [1.82, 2.24) is 0 Å². The van der Waals surface area contributed by atoms with E-state index < -0.39 is 0 Å². The molecule has 0 aliphatic carbocycles. The summed E-state index contributed by atoms with van der Waals surface area (Å²) in [5, 5.41) is 0. The molecule has 52 valence electrons. The van der Waals surface area contributed by atoms with Crippen molar-refractivity contribution in [2.24, 2.45) is 5.92 Å². The van der Waals surface area contributed by atoms with Gasteiger partial charge < -0.3 is 0 Å². The molecule has 0 bridgehead atoms. The van der Waals surface area contributed by atoms with Crippen molar-refractivity contribution in [3.63, 3.8) is 0 Å². The van der Waals surface area contributed by atoms with Crippen molar-refractivity contribution < 1.29 is 4.79 Å². The normalized spacial score (nSPS) is 12.7. The quantitative estimate of drug-likeness (QED) is 0.417. The van der Waals surface area contributed by atoms with E-state index in [1.165, 1.54) is 0 Å². The molecule has 0 aromatic rings. The van der Waals surface area contributed by atoms with Gasteiger partial charge in [0.2, 0.25) is 0 Å². The molecule has 0 saturated carbocycles. The van der Waals surface area contributed by atoms with E-state index in [0.717, 1.165) is 19.1 Å². The van der Waals surface area contributed by atoms with E-state index in [4.69, 9.17) is 0 Å². The van der Waals surface area contributed by atoms with E-state index in [9.17, 15) is 4.79 Å². The van der Waals surface area contributed by atoms with Gasteiger partial charge in [-0.3, -0.25) is 4.79 Å². The molecule has 1 unspecified atom stereocenters. The Kier molecular flexibility index (Phi) is 4.02. The molecule has 1 nitrogen and oxygen atoms in total. The molecule has 1 atom stereocenters. The summed E-state index contributed by atoms with van der Waals surface area (Å²) >= 11 is 0. The average Bonchev–Trinajstić information content (AvgIpc) is 1.87. The van der Waals surface area contributed by atoms with Crippen LogP contribution in [0.15, 0.2) is 12.2 Å². The minimum absolute atomic E-state index is 0.600. The van der Waals surface area contributed by atoms with Crippen LogP contribution in [-0.4, -0.2) is 6.29 Å². The van der Waals surface area contributed by atoms with Crippen LogP contribution in [0, 0.1) is 5.92 Å². The summed E-state index contributed by atoms with van der Waals surface area (Å²) < 4.78 is 0. The highest BCUT2D eigenvalue weighted by Gasteiger charge is 1.99. The molecule has 0 fully saturated rings. The number of allylic oxidation sites excluding steroid dienone is 1. The van der Waals surface area contributed by atoms with Crippen LogP contribution in [0.2, 0.25) is 0 Å². The highest BCUT2D eigenvalue weighted by Crippen LogP contribution is 2.10. The van der Waals surface area contributed by atoms with Gasteiger partial charge >= 0.3 is 0 Å². The van der Waals surface area contributed by atoms with E-state index in [-0.39, 0.29) is 0 Å². The molecule has 0 amide bonds. The Morgan fingerprint density at radius 2 is 2.33 bits per heavy atom. The van der Waals surface area contributed by atoms with Crippen LogP contribution in [0.25, 0.3) is 0 Å². The molecule has 0 radical (unpaired) electrons. The maximum absolute atomic E-state index is 10.1. The van der Waals surface area contributed by atoms with Gasteiger partial charge in [0.15, 0.2) is 0 Å². The molecule has 0 aromatic carbocycles. The Morgan fingerprint density at radius 1 is 1.78 bits per heavy atom. The van der Waals surface area contributed by atoms with Crippen molar-refractivity contribution >= 4 is 6.29 Å². The number of hydrogen-bond acceptors (Lipinski definition) is 1. The van der Waals surface area contributed by atoms with Crippen LogP contribution in [0.3, 0.4) is 0 Å².